The second-order valence-corrected chi connectivity index (χ2v) is 4.63. The third-order valence-electron chi connectivity index (χ3n) is 3.39. The normalized spacial score (nSPS) is 24.1. The van der Waals surface area contributed by atoms with Gasteiger partial charge in [-0.05, 0) is 31.6 Å². The van der Waals surface area contributed by atoms with Crippen molar-refractivity contribution in [2.75, 3.05) is 13.2 Å². The maximum Gasteiger partial charge on any atom is 0.309 e. The Kier molecular flexibility index (Phi) is 6.01. The maximum absolute atomic E-state index is 11.7. The molecule has 0 aromatic heterocycles. The Morgan fingerprint density at radius 2 is 1.65 bits per heavy atom. The van der Waals surface area contributed by atoms with Crippen LogP contribution in [0.3, 0.4) is 0 Å². The van der Waals surface area contributed by atoms with Crippen LogP contribution >= 0.6 is 0 Å². The Hall–Kier alpha value is -1.06. The number of rotatable bonds is 5. The Morgan fingerprint density at radius 1 is 1.06 bits per heavy atom. The van der Waals surface area contributed by atoms with E-state index in [9.17, 15) is 9.59 Å². The zero-order valence-electron chi connectivity index (χ0n) is 10.7. The Bertz CT molecular complexity index is 254. The summed E-state index contributed by atoms with van der Waals surface area (Å²) in [7, 11) is 0. The average Bonchev–Trinajstić information content (AvgIpc) is 2.34. The fraction of sp³-hybridized carbons (Fsp3) is 0.846. The van der Waals surface area contributed by atoms with Crippen LogP contribution in [0.2, 0.25) is 0 Å². The van der Waals surface area contributed by atoms with E-state index in [1.54, 1.807) is 0 Å². The largest absolute Gasteiger partial charge is 0.462 e. The average molecular weight is 242 g/mol. The fourth-order valence-electron chi connectivity index (χ4n) is 2.25. The molecule has 0 heterocycles. The predicted octanol–water partition coefficient (Wildman–Crippen LogP) is 2.31. The van der Waals surface area contributed by atoms with Crippen molar-refractivity contribution >= 4 is 11.9 Å². The Labute approximate surface area is 103 Å². The van der Waals surface area contributed by atoms with Gasteiger partial charge in [-0.1, -0.05) is 13.3 Å². The number of carbonyl (C=O) groups is 2. The van der Waals surface area contributed by atoms with Crippen LogP contribution in [0.5, 0.6) is 0 Å². The zero-order chi connectivity index (χ0) is 12.7. The van der Waals surface area contributed by atoms with E-state index in [-0.39, 0.29) is 31.1 Å². The molecular formula is C13H22O4. The summed E-state index contributed by atoms with van der Waals surface area (Å²) in [5.74, 6) is 0.353. The first kappa shape index (κ1) is 14.0. The lowest BCUT2D eigenvalue weighted by Crippen LogP contribution is -2.24. The van der Waals surface area contributed by atoms with Crippen molar-refractivity contribution in [2.45, 2.75) is 46.0 Å². The van der Waals surface area contributed by atoms with Crippen molar-refractivity contribution in [1.29, 1.82) is 0 Å². The number of hydrogen-bond donors (Lipinski definition) is 0. The molecule has 98 valence electrons. The topological polar surface area (TPSA) is 52.6 Å². The smallest absolute Gasteiger partial charge is 0.309 e. The van der Waals surface area contributed by atoms with Gasteiger partial charge in [0.1, 0.15) is 13.2 Å². The van der Waals surface area contributed by atoms with Crippen LogP contribution in [0.1, 0.15) is 46.0 Å². The Balaban J connectivity index is 2.14. The Morgan fingerprint density at radius 3 is 2.18 bits per heavy atom. The molecule has 0 radical (unpaired) electrons. The summed E-state index contributed by atoms with van der Waals surface area (Å²) in [5.41, 5.74) is 0. The summed E-state index contributed by atoms with van der Waals surface area (Å²) in [5, 5.41) is 0. The van der Waals surface area contributed by atoms with Crippen molar-refractivity contribution in [2.24, 2.45) is 11.8 Å². The molecular weight excluding hydrogens is 220 g/mol. The van der Waals surface area contributed by atoms with E-state index < -0.39 is 0 Å². The molecule has 4 nitrogen and oxygen atoms in total. The van der Waals surface area contributed by atoms with Crippen molar-refractivity contribution in [3.8, 4) is 0 Å². The van der Waals surface area contributed by atoms with Crippen LogP contribution in [0.25, 0.3) is 0 Å². The van der Waals surface area contributed by atoms with E-state index in [0.717, 1.165) is 31.6 Å². The molecule has 1 fully saturated rings. The zero-order valence-corrected chi connectivity index (χ0v) is 10.7. The van der Waals surface area contributed by atoms with Crippen LogP contribution in [0.15, 0.2) is 0 Å². The van der Waals surface area contributed by atoms with Gasteiger partial charge in [-0.15, -0.1) is 0 Å². The quantitative estimate of drug-likeness (QED) is 0.548. The second kappa shape index (κ2) is 7.30. The first-order valence-electron chi connectivity index (χ1n) is 6.43. The van der Waals surface area contributed by atoms with Gasteiger partial charge in [0.25, 0.3) is 0 Å². The highest BCUT2D eigenvalue weighted by atomic mass is 16.6. The monoisotopic (exact) mass is 242 g/mol. The molecule has 1 aliphatic rings. The molecule has 0 saturated heterocycles. The molecule has 0 aromatic carbocycles. The van der Waals surface area contributed by atoms with Gasteiger partial charge in [0.2, 0.25) is 0 Å². The molecule has 0 atom stereocenters. The highest BCUT2D eigenvalue weighted by Gasteiger charge is 2.26. The van der Waals surface area contributed by atoms with Gasteiger partial charge in [-0.25, -0.2) is 0 Å². The summed E-state index contributed by atoms with van der Waals surface area (Å²) in [4.78, 5) is 22.2. The van der Waals surface area contributed by atoms with Crippen LogP contribution in [0, 0.1) is 11.8 Å². The SMILES string of the molecule is CCC1CCC(C(=O)OCCOC(C)=O)CC1. The first-order valence-corrected chi connectivity index (χ1v) is 6.43. The number of ether oxygens (including phenoxy) is 2. The first-order chi connectivity index (χ1) is 8.13. The lowest BCUT2D eigenvalue weighted by molar-refractivity contribution is -0.155. The number of carbonyl (C=O) groups excluding carboxylic acids is 2. The van der Waals surface area contributed by atoms with Crippen LogP contribution in [0.4, 0.5) is 0 Å². The molecule has 0 amide bonds. The molecule has 0 N–H and O–H groups in total. The maximum atomic E-state index is 11.7. The van der Waals surface area contributed by atoms with Gasteiger partial charge in [-0.3, -0.25) is 9.59 Å². The predicted molar refractivity (Wildman–Crippen MR) is 63.3 cm³/mol. The van der Waals surface area contributed by atoms with Crippen LogP contribution < -0.4 is 0 Å². The third-order valence-corrected chi connectivity index (χ3v) is 3.39. The van der Waals surface area contributed by atoms with E-state index in [1.165, 1.54) is 13.3 Å². The highest BCUT2D eigenvalue weighted by Crippen LogP contribution is 2.31. The number of hydrogen-bond acceptors (Lipinski definition) is 4. The summed E-state index contributed by atoms with van der Waals surface area (Å²) < 4.78 is 9.78. The van der Waals surface area contributed by atoms with Crippen LogP contribution in [-0.2, 0) is 19.1 Å². The summed E-state index contributed by atoms with van der Waals surface area (Å²) in [6, 6.07) is 0. The van der Waals surface area contributed by atoms with Crippen molar-refractivity contribution in [1.82, 2.24) is 0 Å². The third kappa shape index (κ3) is 5.20. The van der Waals surface area contributed by atoms with E-state index >= 15 is 0 Å². The van der Waals surface area contributed by atoms with E-state index in [1.807, 2.05) is 0 Å². The van der Waals surface area contributed by atoms with Gasteiger partial charge in [0, 0.05) is 6.92 Å². The van der Waals surface area contributed by atoms with E-state index in [2.05, 4.69) is 6.92 Å². The van der Waals surface area contributed by atoms with E-state index in [0.29, 0.717) is 0 Å². The molecule has 17 heavy (non-hydrogen) atoms. The van der Waals surface area contributed by atoms with Crippen molar-refractivity contribution in [3.63, 3.8) is 0 Å². The van der Waals surface area contributed by atoms with Crippen molar-refractivity contribution < 1.29 is 19.1 Å². The lowest BCUT2D eigenvalue weighted by Gasteiger charge is -2.26. The molecule has 0 aromatic rings. The summed E-state index contributed by atoms with van der Waals surface area (Å²) in [6.07, 6.45) is 5.32. The molecule has 1 aliphatic carbocycles. The molecule has 1 saturated carbocycles. The molecule has 0 bridgehead atoms. The molecule has 0 aliphatic heterocycles. The van der Waals surface area contributed by atoms with Crippen LogP contribution in [-0.4, -0.2) is 25.2 Å². The van der Waals surface area contributed by atoms with Crippen molar-refractivity contribution in [3.05, 3.63) is 0 Å². The second-order valence-electron chi connectivity index (χ2n) is 4.63. The minimum atomic E-state index is -0.343. The molecule has 1 rings (SSSR count). The fourth-order valence-corrected chi connectivity index (χ4v) is 2.25. The summed E-state index contributed by atoms with van der Waals surface area (Å²) >= 11 is 0. The minimum absolute atomic E-state index is 0.0510. The number of esters is 2. The lowest BCUT2D eigenvalue weighted by atomic mass is 9.81. The van der Waals surface area contributed by atoms with Gasteiger partial charge in [0.15, 0.2) is 0 Å². The van der Waals surface area contributed by atoms with Gasteiger partial charge >= 0.3 is 11.9 Å². The molecule has 4 heteroatoms. The molecule has 0 spiro atoms. The van der Waals surface area contributed by atoms with Gasteiger partial charge in [-0.2, -0.15) is 0 Å². The molecule has 0 unspecified atom stereocenters. The van der Waals surface area contributed by atoms with Gasteiger partial charge in [0.05, 0.1) is 5.92 Å². The van der Waals surface area contributed by atoms with Gasteiger partial charge < -0.3 is 9.47 Å². The minimum Gasteiger partial charge on any atom is -0.462 e. The van der Waals surface area contributed by atoms with E-state index in [4.69, 9.17) is 9.47 Å². The highest BCUT2D eigenvalue weighted by molar-refractivity contribution is 5.72. The summed E-state index contributed by atoms with van der Waals surface area (Å²) in [6.45, 7) is 3.87. The standard InChI is InChI=1S/C13H22O4/c1-3-11-4-6-12(7-5-11)13(15)17-9-8-16-10(2)14/h11-12H,3-9H2,1-2H3.